The molecule has 2 fully saturated rings. The molecule has 0 N–H and O–H groups in total. The van der Waals surface area contributed by atoms with Crippen molar-refractivity contribution in [1.82, 2.24) is 0 Å². The molecule has 0 radical (unpaired) electrons. The van der Waals surface area contributed by atoms with Crippen molar-refractivity contribution < 1.29 is 9.47 Å². The van der Waals surface area contributed by atoms with Gasteiger partial charge in [-0.1, -0.05) is 30.3 Å². The third kappa shape index (κ3) is 1.68. The molecule has 15 heavy (non-hydrogen) atoms. The van der Waals surface area contributed by atoms with Gasteiger partial charge in [-0.25, -0.2) is 0 Å². The fourth-order valence-electron chi connectivity index (χ4n) is 2.59. The standard InChI is InChI=1S/C13H16O2/c1-2-5-11(6-3-1)12-7-9-13(15-12)8-4-10-14-13/h1-3,5-6,12H,4,7-10H2/t12?,13-/m1/s1. The SMILES string of the molecule is c1ccc(C2CC[C@@]3(CCCO3)O2)cc1. The summed E-state index contributed by atoms with van der Waals surface area (Å²) in [4.78, 5) is 0. The molecular weight excluding hydrogens is 188 g/mol. The molecule has 2 atom stereocenters. The minimum absolute atomic E-state index is 0.236. The molecule has 0 saturated carbocycles. The molecule has 1 spiro atoms. The van der Waals surface area contributed by atoms with Crippen LogP contribution in [0.3, 0.4) is 0 Å². The molecule has 2 heterocycles. The van der Waals surface area contributed by atoms with Gasteiger partial charge in [0.25, 0.3) is 0 Å². The fraction of sp³-hybridized carbons (Fsp3) is 0.538. The van der Waals surface area contributed by atoms with Gasteiger partial charge in [0, 0.05) is 12.8 Å². The van der Waals surface area contributed by atoms with Gasteiger partial charge in [-0.3, -0.25) is 0 Å². The summed E-state index contributed by atoms with van der Waals surface area (Å²) < 4.78 is 11.8. The molecule has 1 aromatic rings. The van der Waals surface area contributed by atoms with Crippen molar-refractivity contribution in [3.63, 3.8) is 0 Å². The lowest BCUT2D eigenvalue weighted by Crippen LogP contribution is -2.25. The predicted molar refractivity (Wildman–Crippen MR) is 57.4 cm³/mol. The Hall–Kier alpha value is -0.860. The van der Waals surface area contributed by atoms with Gasteiger partial charge in [0.1, 0.15) is 0 Å². The van der Waals surface area contributed by atoms with Crippen LogP contribution in [0.4, 0.5) is 0 Å². The van der Waals surface area contributed by atoms with E-state index >= 15 is 0 Å². The lowest BCUT2D eigenvalue weighted by atomic mass is 10.0. The van der Waals surface area contributed by atoms with Crippen LogP contribution < -0.4 is 0 Å². The first kappa shape index (κ1) is 9.37. The first-order chi connectivity index (χ1) is 7.38. The average Bonchev–Trinajstić information content (AvgIpc) is 2.91. The van der Waals surface area contributed by atoms with Crippen molar-refractivity contribution in [1.29, 1.82) is 0 Å². The van der Waals surface area contributed by atoms with Crippen LogP contribution in [0, 0.1) is 0 Å². The number of hydrogen-bond donors (Lipinski definition) is 0. The van der Waals surface area contributed by atoms with Gasteiger partial charge >= 0.3 is 0 Å². The van der Waals surface area contributed by atoms with Gasteiger partial charge in [-0.15, -0.1) is 0 Å². The van der Waals surface area contributed by atoms with Gasteiger partial charge in [-0.05, 0) is 18.4 Å². The molecule has 0 bridgehead atoms. The first-order valence-electron chi connectivity index (χ1n) is 5.75. The monoisotopic (exact) mass is 204 g/mol. The molecule has 1 aromatic carbocycles. The molecule has 2 aliphatic rings. The lowest BCUT2D eigenvalue weighted by molar-refractivity contribution is -0.200. The van der Waals surface area contributed by atoms with Gasteiger partial charge in [-0.2, -0.15) is 0 Å². The van der Waals surface area contributed by atoms with E-state index in [9.17, 15) is 0 Å². The fourth-order valence-corrected chi connectivity index (χ4v) is 2.59. The van der Waals surface area contributed by atoms with Crippen LogP contribution in [0.1, 0.15) is 37.4 Å². The number of benzene rings is 1. The smallest absolute Gasteiger partial charge is 0.169 e. The van der Waals surface area contributed by atoms with Crippen molar-refractivity contribution >= 4 is 0 Å². The summed E-state index contributed by atoms with van der Waals surface area (Å²) in [6.45, 7) is 0.863. The Morgan fingerprint density at radius 2 is 2.00 bits per heavy atom. The average molecular weight is 204 g/mol. The molecule has 2 heteroatoms. The number of hydrogen-bond acceptors (Lipinski definition) is 2. The van der Waals surface area contributed by atoms with Crippen molar-refractivity contribution in [3.05, 3.63) is 35.9 Å². The summed E-state index contributed by atoms with van der Waals surface area (Å²) in [6.07, 6.45) is 4.58. The summed E-state index contributed by atoms with van der Waals surface area (Å²) in [7, 11) is 0. The van der Waals surface area contributed by atoms with Crippen LogP contribution >= 0.6 is 0 Å². The molecule has 2 aliphatic heterocycles. The lowest BCUT2D eigenvalue weighted by Gasteiger charge is -2.23. The van der Waals surface area contributed by atoms with E-state index in [0.717, 1.165) is 32.3 Å². The summed E-state index contributed by atoms with van der Waals surface area (Å²) in [5, 5.41) is 0. The van der Waals surface area contributed by atoms with E-state index < -0.39 is 0 Å². The zero-order valence-corrected chi connectivity index (χ0v) is 8.82. The predicted octanol–water partition coefficient (Wildman–Crippen LogP) is 3.04. The highest BCUT2D eigenvalue weighted by Gasteiger charge is 2.43. The second-order valence-electron chi connectivity index (χ2n) is 4.42. The van der Waals surface area contributed by atoms with E-state index in [4.69, 9.17) is 9.47 Å². The largest absolute Gasteiger partial charge is 0.350 e. The van der Waals surface area contributed by atoms with Crippen LogP contribution in [0.5, 0.6) is 0 Å². The molecule has 0 amide bonds. The van der Waals surface area contributed by atoms with Crippen LogP contribution in [-0.4, -0.2) is 12.4 Å². The van der Waals surface area contributed by atoms with Gasteiger partial charge in [0.05, 0.1) is 12.7 Å². The van der Waals surface area contributed by atoms with Crippen molar-refractivity contribution in [3.8, 4) is 0 Å². The molecule has 0 aromatic heterocycles. The molecule has 1 unspecified atom stereocenters. The zero-order valence-electron chi connectivity index (χ0n) is 8.82. The van der Waals surface area contributed by atoms with Crippen LogP contribution in [0.15, 0.2) is 30.3 Å². The van der Waals surface area contributed by atoms with E-state index in [2.05, 4.69) is 24.3 Å². The minimum atomic E-state index is -0.236. The Morgan fingerprint density at radius 1 is 1.13 bits per heavy atom. The summed E-state index contributed by atoms with van der Waals surface area (Å²) >= 11 is 0. The Balaban J connectivity index is 1.76. The molecule has 2 nitrogen and oxygen atoms in total. The Morgan fingerprint density at radius 3 is 2.73 bits per heavy atom. The second kappa shape index (κ2) is 3.62. The van der Waals surface area contributed by atoms with Crippen molar-refractivity contribution in [2.45, 2.75) is 37.6 Å². The Bertz CT molecular complexity index is 328. The zero-order chi connectivity index (χ0) is 10.1. The van der Waals surface area contributed by atoms with E-state index in [0.29, 0.717) is 0 Å². The Kier molecular flexibility index (Phi) is 2.26. The Labute approximate surface area is 90.2 Å². The molecule has 80 valence electrons. The quantitative estimate of drug-likeness (QED) is 0.700. The summed E-state index contributed by atoms with van der Waals surface area (Å²) in [5.74, 6) is -0.236. The topological polar surface area (TPSA) is 18.5 Å². The third-order valence-corrected chi connectivity index (χ3v) is 3.38. The highest BCUT2D eigenvalue weighted by atomic mass is 16.7. The van der Waals surface area contributed by atoms with E-state index in [1.807, 2.05) is 6.07 Å². The highest BCUT2D eigenvalue weighted by Crippen LogP contribution is 2.45. The second-order valence-corrected chi connectivity index (χ2v) is 4.42. The van der Waals surface area contributed by atoms with Crippen molar-refractivity contribution in [2.24, 2.45) is 0 Å². The number of ether oxygens (including phenoxy) is 2. The van der Waals surface area contributed by atoms with Gasteiger partial charge < -0.3 is 9.47 Å². The highest BCUT2D eigenvalue weighted by molar-refractivity contribution is 5.18. The van der Waals surface area contributed by atoms with Gasteiger partial charge in [0.15, 0.2) is 5.79 Å². The molecule has 3 rings (SSSR count). The van der Waals surface area contributed by atoms with Crippen molar-refractivity contribution in [2.75, 3.05) is 6.61 Å². The van der Waals surface area contributed by atoms with Crippen LogP contribution in [0.2, 0.25) is 0 Å². The molecular formula is C13H16O2. The molecule has 0 aliphatic carbocycles. The van der Waals surface area contributed by atoms with Gasteiger partial charge in [0.2, 0.25) is 0 Å². The minimum Gasteiger partial charge on any atom is -0.350 e. The van der Waals surface area contributed by atoms with E-state index in [-0.39, 0.29) is 11.9 Å². The maximum atomic E-state index is 6.07. The van der Waals surface area contributed by atoms with Crippen LogP contribution in [0.25, 0.3) is 0 Å². The normalized spacial score (nSPS) is 35.1. The summed E-state index contributed by atoms with van der Waals surface area (Å²) in [5.41, 5.74) is 1.28. The van der Waals surface area contributed by atoms with E-state index in [1.165, 1.54) is 5.56 Å². The van der Waals surface area contributed by atoms with E-state index in [1.54, 1.807) is 0 Å². The number of rotatable bonds is 1. The maximum absolute atomic E-state index is 6.07. The molecule has 2 saturated heterocycles. The summed E-state index contributed by atoms with van der Waals surface area (Å²) in [6, 6.07) is 10.5. The third-order valence-electron chi connectivity index (χ3n) is 3.38. The first-order valence-corrected chi connectivity index (χ1v) is 5.75. The van der Waals surface area contributed by atoms with Crippen LogP contribution in [-0.2, 0) is 9.47 Å². The maximum Gasteiger partial charge on any atom is 0.169 e.